The zero-order valence-corrected chi connectivity index (χ0v) is 13.5. The van der Waals surface area contributed by atoms with Gasteiger partial charge in [0.05, 0.1) is 23.0 Å². The number of hydrogen-bond acceptors (Lipinski definition) is 5. The molecule has 0 radical (unpaired) electrons. The smallest absolute Gasteiger partial charge is 0.404 e. The van der Waals surface area contributed by atoms with E-state index in [0.717, 1.165) is 6.42 Å². The molecule has 1 atom stereocenters. The lowest BCUT2D eigenvalue weighted by atomic mass is 10.2. The van der Waals surface area contributed by atoms with Crippen molar-refractivity contribution in [2.24, 2.45) is 0 Å². The zero-order chi connectivity index (χ0) is 17.8. The first kappa shape index (κ1) is 16.6. The van der Waals surface area contributed by atoms with Crippen LogP contribution in [0.4, 0.5) is 22.0 Å². The summed E-state index contributed by atoms with van der Waals surface area (Å²) in [7, 11) is 0. The van der Waals surface area contributed by atoms with Crippen molar-refractivity contribution in [3.05, 3.63) is 48.2 Å². The Balaban J connectivity index is 1.63. The second-order valence-corrected chi connectivity index (χ2v) is 5.83. The van der Waals surface area contributed by atoms with Gasteiger partial charge < -0.3 is 26.4 Å². The summed E-state index contributed by atoms with van der Waals surface area (Å²) in [5, 5.41) is 14.0. The van der Waals surface area contributed by atoms with Gasteiger partial charge in [0.25, 0.3) is 5.91 Å². The van der Waals surface area contributed by atoms with Gasteiger partial charge in [-0.3, -0.25) is 4.79 Å². The Hall–Kier alpha value is -3.29. The van der Waals surface area contributed by atoms with E-state index >= 15 is 0 Å². The fourth-order valence-corrected chi connectivity index (χ4v) is 2.77. The highest BCUT2D eigenvalue weighted by molar-refractivity contribution is 6.05. The predicted molar refractivity (Wildman–Crippen MR) is 94.8 cm³/mol. The number of hydrogen-bond donors (Lipinski definition) is 4. The molecule has 1 aliphatic heterocycles. The van der Waals surface area contributed by atoms with E-state index < -0.39 is 6.09 Å². The first-order valence-electron chi connectivity index (χ1n) is 7.89. The number of anilines is 3. The summed E-state index contributed by atoms with van der Waals surface area (Å²) in [6, 6.07) is 10.4. The number of nitrogen functional groups attached to an aromatic ring is 1. The van der Waals surface area contributed by atoms with Gasteiger partial charge in [0, 0.05) is 19.3 Å². The number of carbonyl (C=O) groups is 2. The Bertz CT molecular complexity index is 778. The average molecular weight is 341 g/mol. The summed E-state index contributed by atoms with van der Waals surface area (Å²) in [5.41, 5.74) is 7.29. The van der Waals surface area contributed by atoms with Crippen LogP contribution in [0.15, 0.2) is 42.6 Å². The normalized spacial score (nSPS) is 16.5. The Morgan fingerprint density at radius 3 is 2.72 bits per heavy atom. The third-order valence-corrected chi connectivity index (χ3v) is 4.06. The summed E-state index contributed by atoms with van der Waals surface area (Å²) in [4.78, 5) is 29.3. The van der Waals surface area contributed by atoms with Crippen LogP contribution >= 0.6 is 0 Å². The highest BCUT2D eigenvalue weighted by atomic mass is 16.4. The van der Waals surface area contributed by atoms with Crippen LogP contribution in [0.5, 0.6) is 0 Å². The van der Waals surface area contributed by atoms with E-state index in [1.807, 2.05) is 4.90 Å². The van der Waals surface area contributed by atoms with Crippen molar-refractivity contribution in [1.29, 1.82) is 0 Å². The molecule has 3 rings (SSSR count). The first-order chi connectivity index (χ1) is 12.0. The van der Waals surface area contributed by atoms with E-state index in [0.29, 0.717) is 35.8 Å². The molecule has 5 N–H and O–H groups in total. The maximum absolute atomic E-state index is 12.3. The van der Waals surface area contributed by atoms with E-state index in [1.165, 1.54) is 6.20 Å². The minimum Gasteiger partial charge on any atom is -0.465 e. The van der Waals surface area contributed by atoms with Gasteiger partial charge in [-0.05, 0) is 30.7 Å². The molecule has 0 aliphatic carbocycles. The van der Waals surface area contributed by atoms with Gasteiger partial charge in [0.15, 0.2) is 0 Å². The van der Waals surface area contributed by atoms with Gasteiger partial charge >= 0.3 is 6.09 Å². The molecule has 0 spiro atoms. The molecule has 8 nitrogen and oxygen atoms in total. The summed E-state index contributed by atoms with van der Waals surface area (Å²) in [5.74, 6) is 0.425. The predicted octanol–water partition coefficient (Wildman–Crippen LogP) is 1.76. The Labute approximate surface area is 144 Å². The van der Waals surface area contributed by atoms with Gasteiger partial charge in [0.1, 0.15) is 5.82 Å². The van der Waals surface area contributed by atoms with Gasteiger partial charge in [-0.2, -0.15) is 0 Å². The van der Waals surface area contributed by atoms with Gasteiger partial charge in [-0.1, -0.05) is 12.1 Å². The van der Waals surface area contributed by atoms with Crippen molar-refractivity contribution in [2.75, 3.05) is 29.0 Å². The van der Waals surface area contributed by atoms with Crippen LogP contribution in [0.3, 0.4) is 0 Å². The molecule has 1 aliphatic rings. The highest BCUT2D eigenvalue weighted by Gasteiger charge is 2.24. The second-order valence-electron chi connectivity index (χ2n) is 5.83. The molecule has 130 valence electrons. The summed E-state index contributed by atoms with van der Waals surface area (Å²) < 4.78 is 0. The summed E-state index contributed by atoms with van der Waals surface area (Å²) in [6.45, 7) is 1.27. The topological polar surface area (TPSA) is 121 Å². The quantitative estimate of drug-likeness (QED) is 0.629. The number of nitrogens with one attached hydrogen (secondary N) is 2. The fraction of sp³-hybridized carbons (Fsp3) is 0.235. The molecule has 0 saturated carbocycles. The highest BCUT2D eigenvalue weighted by Crippen LogP contribution is 2.20. The number of benzene rings is 1. The lowest BCUT2D eigenvalue weighted by molar-refractivity contribution is 0.102. The minimum atomic E-state index is -1.02. The molecule has 0 unspecified atom stereocenters. The van der Waals surface area contributed by atoms with Crippen LogP contribution in [-0.4, -0.2) is 41.2 Å². The number of pyridine rings is 1. The molecule has 2 aromatic rings. The Morgan fingerprint density at radius 2 is 2.04 bits per heavy atom. The maximum Gasteiger partial charge on any atom is 0.404 e. The maximum atomic E-state index is 12.3. The minimum absolute atomic E-state index is 0.108. The third-order valence-electron chi connectivity index (χ3n) is 4.06. The number of nitrogens with two attached hydrogens (primary N) is 1. The van der Waals surface area contributed by atoms with Crippen LogP contribution < -0.4 is 21.3 Å². The summed E-state index contributed by atoms with van der Waals surface area (Å²) in [6.07, 6.45) is 1.21. The van der Waals surface area contributed by atoms with Crippen molar-refractivity contribution in [3.8, 4) is 0 Å². The number of rotatable bonds is 4. The Kier molecular flexibility index (Phi) is 4.69. The molecule has 2 heterocycles. The summed E-state index contributed by atoms with van der Waals surface area (Å²) >= 11 is 0. The van der Waals surface area contributed by atoms with E-state index in [9.17, 15) is 9.59 Å². The largest absolute Gasteiger partial charge is 0.465 e. The van der Waals surface area contributed by atoms with E-state index in [4.69, 9.17) is 10.8 Å². The third kappa shape index (κ3) is 3.97. The van der Waals surface area contributed by atoms with Crippen molar-refractivity contribution >= 4 is 29.2 Å². The van der Waals surface area contributed by atoms with Gasteiger partial charge in [0.2, 0.25) is 0 Å². The van der Waals surface area contributed by atoms with E-state index in [2.05, 4.69) is 15.6 Å². The van der Waals surface area contributed by atoms with Crippen LogP contribution in [0, 0.1) is 0 Å². The van der Waals surface area contributed by atoms with Gasteiger partial charge in [-0.25, -0.2) is 9.78 Å². The molecule has 1 aromatic heterocycles. The van der Waals surface area contributed by atoms with E-state index in [1.54, 1.807) is 36.4 Å². The molecule has 0 bridgehead atoms. The number of nitrogens with zero attached hydrogens (tertiary/aromatic N) is 2. The van der Waals surface area contributed by atoms with Crippen LogP contribution in [0.1, 0.15) is 16.8 Å². The number of aromatic nitrogens is 1. The number of carbonyl (C=O) groups excluding carboxylic acids is 1. The SMILES string of the molecule is Nc1ccccc1NC(=O)c1ccc(N2CC[C@@H](NC(=O)O)C2)nc1. The van der Waals surface area contributed by atoms with Crippen molar-refractivity contribution < 1.29 is 14.7 Å². The lowest BCUT2D eigenvalue weighted by Gasteiger charge is -2.17. The fourth-order valence-electron chi connectivity index (χ4n) is 2.77. The molecular formula is C17H19N5O3. The average Bonchev–Trinajstić information content (AvgIpc) is 3.05. The van der Waals surface area contributed by atoms with Crippen LogP contribution in [-0.2, 0) is 0 Å². The van der Waals surface area contributed by atoms with Crippen LogP contribution in [0.2, 0.25) is 0 Å². The standard InChI is InChI=1S/C17H19N5O3/c18-13-3-1-2-4-14(13)21-16(23)11-5-6-15(19-9-11)22-8-7-12(10-22)20-17(24)25/h1-6,9,12,20H,7-8,10,18H2,(H,21,23)(H,24,25)/t12-/m1/s1. The molecule has 25 heavy (non-hydrogen) atoms. The molecule has 1 saturated heterocycles. The monoisotopic (exact) mass is 341 g/mol. The first-order valence-corrected chi connectivity index (χ1v) is 7.89. The second kappa shape index (κ2) is 7.08. The van der Waals surface area contributed by atoms with Crippen molar-refractivity contribution in [1.82, 2.24) is 10.3 Å². The Morgan fingerprint density at radius 1 is 1.24 bits per heavy atom. The van der Waals surface area contributed by atoms with Gasteiger partial charge in [-0.15, -0.1) is 0 Å². The molecule has 8 heteroatoms. The molecule has 2 amide bonds. The zero-order valence-electron chi connectivity index (χ0n) is 13.5. The van der Waals surface area contributed by atoms with Crippen molar-refractivity contribution in [2.45, 2.75) is 12.5 Å². The van der Waals surface area contributed by atoms with E-state index in [-0.39, 0.29) is 11.9 Å². The number of amides is 2. The lowest BCUT2D eigenvalue weighted by Crippen LogP contribution is -2.36. The molecule has 1 fully saturated rings. The number of para-hydroxylation sites is 2. The number of carboxylic acid groups (broad SMARTS) is 1. The molecule has 1 aromatic carbocycles. The van der Waals surface area contributed by atoms with Crippen LogP contribution in [0.25, 0.3) is 0 Å². The van der Waals surface area contributed by atoms with Crippen molar-refractivity contribution in [3.63, 3.8) is 0 Å². The molecular weight excluding hydrogens is 322 g/mol.